The SMILES string of the molecule is O=[N+]([O-])c1ccccc1NCC1CN(CC(F)F)CCO1. The third kappa shape index (κ3) is 4.61. The van der Waals surface area contributed by atoms with Gasteiger partial charge in [0.25, 0.3) is 12.1 Å². The summed E-state index contributed by atoms with van der Waals surface area (Å²) in [6.45, 7) is 1.32. The summed E-state index contributed by atoms with van der Waals surface area (Å²) in [7, 11) is 0. The highest BCUT2D eigenvalue weighted by Crippen LogP contribution is 2.23. The van der Waals surface area contributed by atoms with Crippen molar-refractivity contribution in [2.24, 2.45) is 0 Å². The zero-order valence-corrected chi connectivity index (χ0v) is 11.4. The number of nitrogens with zero attached hydrogens (tertiary/aromatic N) is 2. The van der Waals surface area contributed by atoms with E-state index in [2.05, 4.69) is 5.32 Å². The van der Waals surface area contributed by atoms with Gasteiger partial charge in [0, 0.05) is 25.7 Å². The summed E-state index contributed by atoms with van der Waals surface area (Å²) < 4.78 is 30.2. The van der Waals surface area contributed by atoms with Crippen molar-refractivity contribution in [3.63, 3.8) is 0 Å². The Bertz CT molecular complexity index is 487. The molecular weight excluding hydrogens is 284 g/mol. The second kappa shape index (κ2) is 7.28. The molecule has 0 saturated carbocycles. The number of alkyl halides is 2. The highest BCUT2D eigenvalue weighted by Gasteiger charge is 2.23. The number of para-hydroxylation sites is 2. The molecule has 2 rings (SSSR count). The van der Waals surface area contributed by atoms with Gasteiger partial charge in [-0.25, -0.2) is 8.78 Å². The quantitative estimate of drug-likeness (QED) is 0.643. The lowest BCUT2D eigenvalue weighted by Gasteiger charge is -2.32. The molecule has 1 atom stereocenters. The van der Waals surface area contributed by atoms with Crippen molar-refractivity contribution in [1.82, 2.24) is 4.90 Å². The molecule has 21 heavy (non-hydrogen) atoms. The Morgan fingerprint density at radius 1 is 1.48 bits per heavy atom. The van der Waals surface area contributed by atoms with E-state index in [4.69, 9.17) is 4.74 Å². The van der Waals surface area contributed by atoms with E-state index >= 15 is 0 Å². The number of nitro groups is 1. The first-order valence-corrected chi connectivity index (χ1v) is 6.65. The van der Waals surface area contributed by atoms with Crippen LogP contribution in [0.2, 0.25) is 0 Å². The Morgan fingerprint density at radius 2 is 2.24 bits per heavy atom. The van der Waals surface area contributed by atoms with Crippen LogP contribution in [-0.4, -0.2) is 55.1 Å². The molecule has 1 aliphatic rings. The van der Waals surface area contributed by atoms with Gasteiger partial charge < -0.3 is 10.1 Å². The van der Waals surface area contributed by atoms with Gasteiger partial charge in [-0.1, -0.05) is 12.1 Å². The molecule has 1 fully saturated rings. The predicted molar refractivity (Wildman–Crippen MR) is 73.8 cm³/mol. The zero-order valence-electron chi connectivity index (χ0n) is 11.4. The van der Waals surface area contributed by atoms with E-state index in [1.807, 2.05) is 0 Å². The van der Waals surface area contributed by atoms with E-state index in [0.29, 0.717) is 31.9 Å². The lowest BCUT2D eigenvalue weighted by Crippen LogP contribution is -2.46. The molecular formula is C13H17F2N3O3. The van der Waals surface area contributed by atoms with E-state index in [9.17, 15) is 18.9 Å². The number of nitrogens with one attached hydrogen (secondary N) is 1. The van der Waals surface area contributed by atoms with E-state index in [1.165, 1.54) is 6.07 Å². The zero-order chi connectivity index (χ0) is 15.2. The largest absolute Gasteiger partial charge is 0.377 e. The van der Waals surface area contributed by atoms with Crippen LogP contribution in [0.1, 0.15) is 0 Å². The molecule has 0 bridgehead atoms. The third-order valence-corrected chi connectivity index (χ3v) is 3.24. The molecule has 6 nitrogen and oxygen atoms in total. The molecule has 0 spiro atoms. The molecule has 8 heteroatoms. The van der Waals surface area contributed by atoms with Gasteiger partial charge in [0.15, 0.2) is 0 Å². The van der Waals surface area contributed by atoms with Crippen molar-refractivity contribution in [3.05, 3.63) is 34.4 Å². The Labute approximate surface area is 120 Å². The van der Waals surface area contributed by atoms with Gasteiger partial charge in [-0.3, -0.25) is 15.0 Å². The van der Waals surface area contributed by atoms with Crippen LogP contribution < -0.4 is 5.32 Å². The van der Waals surface area contributed by atoms with Crippen LogP contribution in [0.3, 0.4) is 0 Å². The number of morpholine rings is 1. The monoisotopic (exact) mass is 301 g/mol. The standard InChI is InChI=1S/C13H17F2N3O3/c14-13(15)9-17-5-6-21-10(8-17)7-16-11-3-1-2-4-12(11)18(19)20/h1-4,10,13,16H,5-9H2. The molecule has 1 heterocycles. The molecule has 1 saturated heterocycles. The number of rotatable bonds is 6. The molecule has 0 amide bonds. The normalized spacial score (nSPS) is 19.7. The fourth-order valence-corrected chi connectivity index (χ4v) is 2.27. The highest BCUT2D eigenvalue weighted by atomic mass is 19.3. The van der Waals surface area contributed by atoms with Crippen LogP contribution in [0.4, 0.5) is 20.2 Å². The minimum Gasteiger partial charge on any atom is -0.377 e. The summed E-state index contributed by atoms with van der Waals surface area (Å²) in [6, 6.07) is 6.30. The summed E-state index contributed by atoms with van der Waals surface area (Å²) >= 11 is 0. The van der Waals surface area contributed by atoms with Crippen molar-refractivity contribution in [2.75, 3.05) is 38.1 Å². The van der Waals surface area contributed by atoms with Crippen LogP contribution in [0.15, 0.2) is 24.3 Å². The fourth-order valence-electron chi connectivity index (χ4n) is 2.27. The second-order valence-electron chi connectivity index (χ2n) is 4.80. The van der Waals surface area contributed by atoms with Crippen molar-refractivity contribution < 1.29 is 18.4 Å². The summed E-state index contributed by atoms with van der Waals surface area (Å²) in [6.07, 6.45) is -2.63. The van der Waals surface area contributed by atoms with Crippen LogP contribution in [0.5, 0.6) is 0 Å². The average molecular weight is 301 g/mol. The molecule has 1 aromatic rings. The highest BCUT2D eigenvalue weighted by molar-refractivity contribution is 5.61. The Morgan fingerprint density at radius 3 is 2.95 bits per heavy atom. The minimum atomic E-state index is -2.37. The van der Waals surface area contributed by atoms with E-state index in [1.54, 1.807) is 23.1 Å². The number of hydrogen-bond donors (Lipinski definition) is 1. The van der Waals surface area contributed by atoms with Crippen LogP contribution in [-0.2, 0) is 4.74 Å². The Balaban J connectivity index is 1.89. The number of hydrogen-bond acceptors (Lipinski definition) is 5. The van der Waals surface area contributed by atoms with Gasteiger partial charge in [0.05, 0.1) is 24.2 Å². The minimum absolute atomic E-state index is 0.0160. The third-order valence-electron chi connectivity index (χ3n) is 3.24. The van der Waals surface area contributed by atoms with E-state index < -0.39 is 11.3 Å². The van der Waals surface area contributed by atoms with Gasteiger partial charge in [-0.2, -0.15) is 0 Å². The lowest BCUT2D eigenvalue weighted by molar-refractivity contribution is -0.384. The topological polar surface area (TPSA) is 67.6 Å². The average Bonchev–Trinajstić information content (AvgIpc) is 2.45. The Kier molecular flexibility index (Phi) is 5.40. The van der Waals surface area contributed by atoms with Crippen LogP contribution >= 0.6 is 0 Å². The smallest absolute Gasteiger partial charge is 0.292 e. The van der Waals surface area contributed by atoms with E-state index in [0.717, 1.165) is 0 Å². The maximum atomic E-state index is 12.4. The number of nitro benzene ring substituents is 1. The summed E-state index contributed by atoms with van der Waals surface area (Å²) in [5, 5.41) is 13.8. The molecule has 1 aliphatic heterocycles. The number of halogens is 2. The van der Waals surface area contributed by atoms with Crippen LogP contribution in [0.25, 0.3) is 0 Å². The molecule has 1 N–H and O–H groups in total. The first kappa shape index (κ1) is 15.6. The molecule has 0 radical (unpaired) electrons. The van der Waals surface area contributed by atoms with Crippen molar-refractivity contribution in [2.45, 2.75) is 12.5 Å². The van der Waals surface area contributed by atoms with Gasteiger partial charge in [0.1, 0.15) is 5.69 Å². The van der Waals surface area contributed by atoms with Crippen molar-refractivity contribution in [3.8, 4) is 0 Å². The number of ether oxygens (including phenoxy) is 1. The first-order chi connectivity index (χ1) is 10.1. The summed E-state index contributed by atoms with van der Waals surface area (Å²) in [5.74, 6) is 0. The summed E-state index contributed by atoms with van der Waals surface area (Å²) in [4.78, 5) is 12.1. The second-order valence-corrected chi connectivity index (χ2v) is 4.80. The lowest BCUT2D eigenvalue weighted by atomic mass is 10.2. The van der Waals surface area contributed by atoms with Gasteiger partial charge in [-0.05, 0) is 6.07 Å². The van der Waals surface area contributed by atoms with Crippen molar-refractivity contribution in [1.29, 1.82) is 0 Å². The van der Waals surface area contributed by atoms with E-state index in [-0.39, 0.29) is 18.3 Å². The molecule has 0 aliphatic carbocycles. The summed E-state index contributed by atoms with van der Waals surface area (Å²) in [5.41, 5.74) is 0.384. The molecule has 1 aromatic carbocycles. The first-order valence-electron chi connectivity index (χ1n) is 6.65. The van der Waals surface area contributed by atoms with Gasteiger partial charge >= 0.3 is 0 Å². The predicted octanol–water partition coefficient (Wildman–Crippen LogP) is 1.97. The molecule has 116 valence electrons. The number of anilines is 1. The van der Waals surface area contributed by atoms with Crippen molar-refractivity contribution >= 4 is 11.4 Å². The van der Waals surface area contributed by atoms with Gasteiger partial charge in [-0.15, -0.1) is 0 Å². The Hall–Kier alpha value is -1.80. The molecule has 0 aromatic heterocycles. The maximum absolute atomic E-state index is 12.4. The van der Waals surface area contributed by atoms with Crippen LogP contribution in [0, 0.1) is 10.1 Å². The van der Waals surface area contributed by atoms with Gasteiger partial charge in [0.2, 0.25) is 0 Å². The fraction of sp³-hybridized carbons (Fsp3) is 0.538. The number of benzene rings is 1. The maximum Gasteiger partial charge on any atom is 0.292 e. The molecule has 1 unspecified atom stereocenters.